The molecule has 0 amide bonds. The number of Topliss-reactive ketones (excluding diaryl/α,β-unsaturated/α-hetero) is 1. The van der Waals surface area contributed by atoms with Gasteiger partial charge in [-0.05, 0) is 24.6 Å². The Labute approximate surface area is 136 Å². The molecule has 2 atom stereocenters. The second-order valence-electron chi connectivity index (χ2n) is 4.95. The van der Waals surface area contributed by atoms with E-state index in [9.17, 15) is 9.59 Å². The maximum atomic E-state index is 12.1. The van der Waals surface area contributed by atoms with Crippen molar-refractivity contribution < 1.29 is 4.79 Å². The summed E-state index contributed by atoms with van der Waals surface area (Å²) in [7, 11) is 0. The van der Waals surface area contributed by atoms with Gasteiger partial charge in [0.05, 0.1) is 0 Å². The number of hydrogen-bond donors (Lipinski definition) is 2. The van der Waals surface area contributed by atoms with Crippen molar-refractivity contribution in [2.75, 3.05) is 5.43 Å². The summed E-state index contributed by atoms with van der Waals surface area (Å²) in [6.45, 7) is 1.70. The van der Waals surface area contributed by atoms with Gasteiger partial charge in [-0.1, -0.05) is 35.3 Å². The van der Waals surface area contributed by atoms with Crippen LogP contribution in [0.1, 0.15) is 17.3 Å². The Morgan fingerprint density at radius 2 is 2.09 bits per heavy atom. The minimum Gasteiger partial charge on any atom is -0.294 e. The first-order valence-electron chi connectivity index (χ1n) is 6.52. The van der Waals surface area contributed by atoms with Gasteiger partial charge in [-0.25, -0.2) is 4.98 Å². The van der Waals surface area contributed by atoms with Gasteiger partial charge >= 0.3 is 0 Å². The number of ketones is 1. The van der Waals surface area contributed by atoms with Crippen LogP contribution in [0.2, 0.25) is 5.02 Å². The van der Waals surface area contributed by atoms with E-state index in [4.69, 9.17) is 23.2 Å². The molecule has 2 N–H and O–H groups in total. The summed E-state index contributed by atoms with van der Waals surface area (Å²) in [5.74, 6) is 0.0848. The lowest BCUT2D eigenvalue weighted by Crippen LogP contribution is -2.59. The number of alkyl halides is 1. The molecule has 2 heterocycles. The SMILES string of the molecule is Cc1cc(=O)[nH]c(NN2[C@H](Cl)C(=O)[C@@H]2c2cccc(Cl)c2)n1. The number of halogens is 2. The molecule has 22 heavy (non-hydrogen) atoms. The van der Waals surface area contributed by atoms with Crippen molar-refractivity contribution in [1.82, 2.24) is 15.0 Å². The van der Waals surface area contributed by atoms with E-state index in [0.29, 0.717) is 10.7 Å². The zero-order valence-corrected chi connectivity index (χ0v) is 13.0. The summed E-state index contributed by atoms with van der Waals surface area (Å²) in [4.78, 5) is 30.2. The lowest BCUT2D eigenvalue weighted by atomic mass is 9.95. The highest BCUT2D eigenvalue weighted by molar-refractivity contribution is 6.34. The predicted molar refractivity (Wildman–Crippen MR) is 83.9 cm³/mol. The Kier molecular flexibility index (Phi) is 3.90. The third kappa shape index (κ3) is 2.72. The lowest BCUT2D eigenvalue weighted by molar-refractivity contribution is -0.137. The number of aryl methyl sites for hydroxylation is 1. The van der Waals surface area contributed by atoms with Crippen molar-refractivity contribution in [2.24, 2.45) is 0 Å². The molecule has 0 aliphatic carbocycles. The summed E-state index contributed by atoms with van der Waals surface area (Å²) in [5.41, 5.74) is 3.03. The lowest BCUT2D eigenvalue weighted by Gasteiger charge is -2.43. The summed E-state index contributed by atoms with van der Waals surface area (Å²) in [5, 5.41) is 2.05. The number of carbonyl (C=O) groups is 1. The van der Waals surface area contributed by atoms with Crippen LogP contribution in [0.15, 0.2) is 35.1 Å². The highest BCUT2D eigenvalue weighted by atomic mass is 35.5. The molecule has 0 unspecified atom stereocenters. The predicted octanol–water partition coefficient (Wildman–Crippen LogP) is 2.25. The number of aromatic amines is 1. The molecule has 1 fully saturated rings. The number of hydrogen-bond acceptors (Lipinski definition) is 5. The fourth-order valence-electron chi connectivity index (χ4n) is 2.33. The van der Waals surface area contributed by atoms with Crippen molar-refractivity contribution in [3.8, 4) is 0 Å². The van der Waals surface area contributed by atoms with E-state index in [1.807, 2.05) is 0 Å². The van der Waals surface area contributed by atoms with Crippen molar-refractivity contribution >= 4 is 34.9 Å². The number of H-pyrrole nitrogens is 1. The number of hydrazine groups is 1. The molecule has 1 aliphatic rings. The van der Waals surface area contributed by atoms with Crippen molar-refractivity contribution in [3.63, 3.8) is 0 Å². The Hall–Kier alpha value is -1.89. The molecule has 1 saturated heterocycles. The van der Waals surface area contributed by atoms with Crippen molar-refractivity contribution in [3.05, 3.63) is 57.0 Å². The Bertz CT molecular complexity index is 792. The minimum atomic E-state index is -0.838. The van der Waals surface area contributed by atoms with Crippen LogP contribution >= 0.6 is 23.2 Å². The van der Waals surface area contributed by atoms with Crippen LogP contribution in [0.5, 0.6) is 0 Å². The monoisotopic (exact) mass is 338 g/mol. The molecule has 1 aromatic heterocycles. The van der Waals surface area contributed by atoms with E-state index in [1.165, 1.54) is 11.1 Å². The fourth-order valence-corrected chi connectivity index (χ4v) is 2.81. The Balaban J connectivity index is 1.88. The molecule has 3 rings (SSSR count). The highest BCUT2D eigenvalue weighted by Crippen LogP contribution is 2.37. The largest absolute Gasteiger partial charge is 0.294 e. The second-order valence-corrected chi connectivity index (χ2v) is 5.80. The van der Waals surface area contributed by atoms with Crippen LogP contribution in [0.25, 0.3) is 0 Å². The van der Waals surface area contributed by atoms with Crippen LogP contribution < -0.4 is 11.0 Å². The standard InChI is InChI=1S/C14H12Cl2N4O2/c1-7-5-10(21)18-14(17-7)19-20-11(12(22)13(20)16)8-3-2-4-9(15)6-8/h2-6,11,13H,1H3,(H2,17,18,19,21)/t11-,13-/m0/s1. The van der Waals surface area contributed by atoms with E-state index in [-0.39, 0.29) is 17.3 Å². The van der Waals surface area contributed by atoms with Gasteiger partial charge in [0.15, 0.2) is 11.3 Å². The van der Waals surface area contributed by atoms with Crippen LogP contribution in [-0.2, 0) is 4.79 Å². The van der Waals surface area contributed by atoms with Gasteiger partial charge < -0.3 is 0 Å². The average molecular weight is 339 g/mol. The van der Waals surface area contributed by atoms with Gasteiger partial charge in [0.25, 0.3) is 5.56 Å². The highest BCUT2D eigenvalue weighted by Gasteiger charge is 2.48. The number of aromatic nitrogens is 2. The number of nitrogens with one attached hydrogen (secondary N) is 2. The van der Waals surface area contributed by atoms with E-state index >= 15 is 0 Å². The molecule has 8 heteroatoms. The van der Waals surface area contributed by atoms with Gasteiger partial charge in [0, 0.05) is 16.8 Å². The third-order valence-corrected chi connectivity index (χ3v) is 3.96. The first-order valence-corrected chi connectivity index (χ1v) is 7.33. The van der Waals surface area contributed by atoms with Crippen LogP contribution in [0.3, 0.4) is 0 Å². The van der Waals surface area contributed by atoms with E-state index in [2.05, 4.69) is 15.4 Å². The molecule has 1 aromatic carbocycles. The molecule has 0 bridgehead atoms. The zero-order chi connectivity index (χ0) is 15.9. The molecular formula is C14H12Cl2N4O2. The van der Waals surface area contributed by atoms with Crippen LogP contribution in [0, 0.1) is 6.92 Å². The van der Waals surface area contributed by atoms with Gasteiger partial charge in [-0.15, -0.1) is 0 Å². The summed E-state index contributed by atoms with van der Waals surface area (Å²) < 4.78 is 0. The number of nitrogens with zero attached hydrogens (tertiary/aromatic N) is 2. The Morgan fingerprint density at radius 3 is 2.77 bits per heavy atom. The first-order chi connectivity index (χ1) is 10.5. The quantitative estimate of drug-likeness (QED) is 0.662. The normalized spacial score (nSPS) is 21.5. The van der Waals surface area contributed by atoms with Gasteiger partial charge in [0.1, 0.15) is 6.04 Å². The summed E-state index contributed by atoms with van der Waals surface area (Å²) >= 11 is 12.0. The minimum absolute atomic E-state index is 0.147. The van der Waals surface area contributed by atoms with Gasteiger partial charge in [-0.3, -0.25) is 20.0 Å². The van der Waals surface area contributed by atoms with Crippen molar-refractivity contribution in [2.45, 2.75) is 18.5 Å². The molecule has 0 radical (unpaired) electrons. The van der Waals surface area contributed by atoms with Crippen molar-refractivity contribution in [1.29, 1.82) is 0 Å². The summed E-state index contributed by atoms with van der Waals surface area (Å²) in [6.07, 6.45) is 0. The molecule has 1 aliphatic heterocycles. The third-order valence-electron chi connectivity index (χ3n) is 3.30. The second kappa shape index (κ2) is 5.72. The molecule has 114 valence electrons. The Morgan fingerprint density at radius 1 is 1.32 bits per heavy atom. The topological polar surface area (TPSA) is 78.1 Å². The number of carbonyl (C=O) groups excluding carboxylic acids is 1. The van der Waals surface area contributed by atoms with Gasteiger partial charge in [-0.2, -0.15) is 5.01 Å². The summed E-state index contributed by atoms with van der Waals surface area (Å²) in [6, 6.07) is 7.78. The van der Waals surface area contributed by atoms with E-state index < -0.39 is 11.5 Å². The molecule has 0 spiro atoms. The fraction of sp³-hybridized carbons (Fsp3) is 0.214. The maximum Gasteiger partial charge on any atom is 0.252 e. The van der Waals surface area contributed by atoms with E-state index in [0.717, 1.165) is 5.56 Å². The van der Waals surface area contributed by atoms with Gasteiger partial charge in [0.2, 0.25) is 5.95 Å². The maximum absolute atomic E-state index is 12.1. The molecule has 6 nitrogen and oxygen atoms in total. The average Bonchev–Trinajstić information content (AvgIpc) is 2.45. The molecule has 2 aromatic rings. The van der Waals surface area contributed by atoms with Crippen LogP contribution in [0.4, 0.5) is 5.95 Å². The molecule has 0 saturated carbocycles. The number of anilines is 1. The van der Waals surface area contributed by atoms with E-state index in [1.54, 1.807) is 31.2 Å². The zero-order valence-electron chi connectivity index (χ0n) is 11.5. The number of rotatable bonds is 3. The molecular weight excluding hydrogens is 327 g/mol. The van der Waals surface area contributed by atoms with Crippen LogP contribution in [-0.4, -0.2) is 26.3 Å². The first kappa shape index (κ1) is 15.0. The number of benzene rings is 1. The smallest absolute Gasteiger partial charge is 0.252 e.